The van der Waals surface area contributed by atoms with Crippen molar-refractivity contribution in [3.63, 3.8) is 0 Å². The molecule has 0 radical (unpaired) electrons. The first kappa shape index (κ1) is 12.5. The van der Waals surface area contributed by atoms with Gasteiger partial charge in [0, 0.05) is 37.1 Å². The Morgan fingerprint density at radius 2 is 2.35 bits per heavy atom. The van der Waals surface area contributed by atoms with Crippen molar-refractivity contribution in [2.45, 2.75) is 51.2 Å². The van der Waals surface area contributed by atoms with Gasteiger partial charge in [-0.25, -0.2) is 0 Å². The summed E-state index contributed by atoms with van der Waals surface area (Å²) in [5.74, 6) is 0. The van der Waals surface area contributed by atoms with Gasteiger partial charge < -0.3 is 5.73 Å². The van der Waals surface area contributed by atoms with Gasteiger partial charge in [-0.2, -0.15) is 0 Å². The van der Waals surface area contributed by atoms with E-state index in [1.165, 1.54) is 24.8 Å². The van der Waals surface area contributed by atoms with Gasteiger partial charge in [0.1, 0.15) is 0 Å². The predicted octanol–water partition coefficient (Wildman–Crippen LogP) is 2.34. The number of piperidine rings is 1. The standard InChI is InChI=1S/C14H23N3/c1-11-5-3-7-14(9-15)17(11)12(2)13-6-4-8-16-10-13/h4,6,8,10-12,14H,3,5,7,9,15H2,1-2H3. The lowest BCUT2D eigenvalue weighted by atomic mass is 9.93. The SMILES string of the molecule is CC1CCCC(CN)N1C(C)c1cccnc1. The number of hydrogen-bond acceptors (Lipinski definition) is 3. The lowest BCUT2D eigenvalue weighted by molar-refractivity contribution is 0.0569. The van der Waals surface area contributed by atoms with Crippen molar-refractivity contribution in [3.05, 3.63) is 30.1 Å². The van der Waals surface area contributed by atoms with Gasteiger partial charge in [0.05, 0.1) is 0 Å². The Hall–Kier alpha value is -0.930. The number of likely N-dealkylation sites (tertiary alicyclic amines) is 1. The third-order valence-electron chi connectivity index (χ3n) is 3.98. The highest BCUT2D eigenvalue weighted by molar-refractivity contribution is 5.14. The summed E-state index contributed by atoms with van der Waals surface area (Å²) in [5.41, 5.74) is 7.21. The van der Waals surface area contributed by atoms with E-state index < -0.39 is 0 Å². The molecule has 1 aromatic heterocycles. The number of aromatic nitrogens is 1. The summed E-state index contributed by atoms with van der Waals surface area (Å²) in [6.45, 7) is 5.34. The molecule has 3 unspecified atom stereocenters. The second-order valence-electron chi connectivity index (χ2n) is 5.08. The first-order valence-electron chi connectivity index (χ1n) is 6.61. The Morgan fingerprint density at radius 3 is 3.00 bits per heavy atom. The number of rotatable bonds is 3. The van der Waals surface area contributed by atoms with E-state index in [-0.39, 0.29) is 0 Å². The fraction of sp³-hybridized carbons (Fsp3) is 0.643. The molecule has 3 nitrogen and oxygen atoms in total. The van der Waals surface area contributed by atoms with Crippen LogP contribution in [0.4, 0.5) is 0 Å². The van der Waals surface area contributed by atoms with Crippen LogP contribution in [-0.4, -0.2) is 28.5 Å². The summed E-state index contributed by atoms with van der Waals surface area (Å²) in [6.07, 6.45) is 7.61. The van der Waals surface area contributed by atoms with E-state index in [0.717, 1.165) is 6.54 Å². The molecule has 0 aromatic carbocycles. The van der Waals surface area contributed by atoms with Crippen LogP contribution in [0.1, 0.15) is 44.7 Å². The van der Waals surface area contributed by atoms with Gasteiger partial charge in [-0.05, 0) is 38.3 Å². The zero-order valence-electron chi connectivity index (χ0n) is 10.8. The molecule has 1 aromatic rings. The quantitative estimate of drug-likeness (QED) is 0.871. The van der Waals surface area contributed by atoms with Crippen LogP contribution < -0.4 is 5.73 Å². The predicted molar refractivity (Wildman–Crippen MR) is 70.6 cm³/mol. The molecule has 3 atom stereocenters. The number of hydrogen-bond donors (Lipinski definition) is 1. The smallest absolute Gasteiger partial charge is 0.0341 e. The van der Waals surface area contributed by atoms with Crippen molar-refractivity contribution >= 4 is 0 Å². The second-order valence-corrected chi connectivity index (χ2v) is 5.08. The van der Waals surface area contributed by atoms with Gasteiger partial charge in [-0.15, -0.1) is 0 Å². The molecule has 1 saturated heterocycles. The first-order valence-corrected chi connectivity index (χ1v) is 6.61. The highest BCUT2D eigenvalue weighted by Gasteiger charge is 2.31. The van der Waals surface area contributed by atoms with E-state index in [2.05, 4.69) is 29.8 Å². The van der Waals surface area contributed by atoms with E-state index in [9.17, 15) is 0 Å². The monoisotopic (exact) mass is 233 g/mol. The molecular weight excluding hydrogens is 210 g/mol. The van der Waals surface area contributed by atoms with Gasteiger partial charge in [-0.3, -0.25) is 9.88 Å². The van der Waals surface area contributed by atoms with Crippen molar-refractivity contribution in [2.24, 2.45) is 5.73 Å². The molecule has 0 amide bonds. The van der Waals surface area contributed by atoms with E-state index in [1.807, 2.05) is 18.5 Å². The maximum absolute atomic E-state index is 5.91. The van der Waals surface area contributed by atoms with Crippen molar-refractivity contribution in [1.82, 2.24) is 9.88 Å². The minimum absolute atomic E-state index is 0.410. The van der Waals surface area contributed by atoms with Crippen molar-refractivity contribution in [3.8, 4) is 0 Å². The van der Waals surface area contributed by atoms with Crippen LogP contribution in [0, 0.1) is 0 Å². The van der Waals surface area contributed by atoms with Crippen LogP contribution in [0.15, 0.2) is 24.5 Å². The molecule has 0 aliphatic carbocycles. The molecule has 3 heteroatoms. The van der Waals surface area contributed by atoms with E-state index in [1.54, 1.807) is 0 Å². The molecule has 94 valence electrons. The normalized spacial score (nSPS) is 27.9. The Kier molecular flexibility index (Phi) is 4.13. The Labute approximate surface area is 104 Å². The Bertz CT molecular complexity index is 339. The van der Waals surface area contributed by atoms with E-state index in [0.29, 0.717) is 18.1 Å². The van der Waals surface area contributed by atoms with Gasteiger partial charge >= 0.3 is 0 Å². The summed E-state index contributed by atoms with van der Waals surface area (Å²) in [7, 11) is 0. The highest BCUT2D eigenvalue weighted by Crippen LogP contribution is 2.31. The molecule has 0 bridgehead atoms. The topological polar surface area (TPSA) is 42.1 Å². The molecule has 1 aliphatic rings. The van der Waals surface area contributed by atoms with Crippen molar-refractivity contribution < 1.29 is 0 Å². The zero-order chi connectivity index (χ0) is 12.3. The van der Waals surface area contributed by atoms with Crippen LogP contribution in [-0.2, 0) is 0 Å². The maximum Gasteiger partial charge on any atom is 0.0341 e. The summed E-state index contributed by atoms with van der Waals surface area (Å²) in [4.78, 5) is 6.79. The lowest BCUT2D eigenvalue weighted by Crippen LogP contribution is -2.49. The second kappa shape index (κ2) is 5.61. The zero-order valence-corrected chi connectivity index (χ0v) is 10.8. The molecule has 1 aliphatic heterocycles. The van der Waals surface area contributed by atoms with Crippen LogP contribution in [0.2, 0.25) is 0 Å². The maximum atomic E-state index is 5.91. The summed E-state index contributed by atoms with van der Waals surface area (Å²) >= 11 is 0. The largest absolute Gasteiger partial charge is 0.329 e. The van der Waals surface area contributed by atoms with Gasteiger partial charge in [0.25, 0.3) is 0 Å². The summed E-state index contributed by atoms with van der Waals surface area (Å²) in [6, 6.07) is 5.72. The first-order chi connectivity index (χ1) is 8.24. The van der Waals surface area contributed by atoms with Crippen molar-refractivity contribution in [2.75, 3.05) is 6.54 Å². The fourth-order valence-electron chi connectivity index (χ4n) is 3.04. The van der Waals surface area contributed by atoms with Gasteiger partial charge in [0.2, 0.25) is 0 Å². The van der Waals surface area contributed by atoms with Gasteiger partial charge in [-0.1, -0.05) is 12.5 Å². The molecule has 17 heavy (non-hydrogen) atoms. The molecule has 2 rings (SSSR count). The molecule has 2 N–H and O–H groups in total. The highest BCUT2D eigenvalue weighted by atomic mass is 15.2. The Balaban J connectivity index is 2.18. The van der Waals surface area contributed by atoms with E-state index in [4.69, 9.17) is 5.73 Å². The summed E-state index contributed by atoms with van der Waals surface area (Å²) < 4.78 is 0. The minimum atomic E-state index is 0.410. The van der Waals surface area contributed by atoms with Crippen LogP contribution in [0.3, 0.4) is 0 Å². The third kappa shape index (κ3) is 2.67. The average molecular weight is 233 g/mol. The number of nitrogens with zero attached hydrogens (tertiary/aromatic N) is 2. The molecule has 1 fully saturated rings. The molecule has 0 saturated carbocycles. The lowest BCUT2D eigenvalue weighted by Gasteiger charge is -2.44. The minimum Gasteiger partial charge on any atom is -0.329 e. The molecule has 2 heterocycles. The average Bonchev–Trinajstić information content (AvgIpc) is 2.38. The summed E-state index contributed by atoms with van der Waals surface area (Å²) in [5, 5.41) is 0. The number of nitrogens with two attached hydrogens (primary N) is 1. The van der Waals surface area contributed by atoms with Crippen LogP contribution in [0.25, 0.3) is 0 Å². The Morgan fingerprint density at radius 1 is 1.53 bits per heavy atom. The number of pyridine rings is 1. The van der Waals surface area contributed by atoms with Crippen molar-refractivity contribution in [1.29, 1.82) is 0 Å². The van der Waals surface area contributed by atoms with Crippen LogP contribution >= 0.6 is 0 Å². The van der Waals surface area contributed by atoms with Gasteiger partial charge in [0.15, 0.2) is 0 Å². The fourth-order valence-corrected chi connectivity index (χ4v) is 3.04. The van der Waals surface area contributed by atoms with E-state index >= 15 is 0 Å². The molecular formula is C14H23N3. The third-order valence-corrected chi connectivity index (χ3v) is 3.98. The van der Waals surface area contributed by atoms with Crippen LogP contribution in [0.5, 0.6) is 0 Å². The molecule has 0 spiro atoms.